The van der Waals surface area contributed by atoms with Gasteiger partial charge in [0.15, 0.2) is 22.4 Å². The minimum Gasteiger partial charge on any atom is -0.494 e. The summed E-state index contributed by atoms with van der Waals surface area (Å²) in [5, 5.41) is 2.80. The number of anilines is 2. The van der Waals surface area contributed by atoms with Crippen molar-refractivity contribution in [3.63, 3.8) is 0 Å². The summed E-state index contributed by atoms with van der Waals surface area (Å²) in [5.41, 5.74) is 1.96. The lowest BCUT2D eigenvalue weighted by atomic mass is 10.1. The highest BCUT2D eigenvalue weighted by Gasteiger charge is 2.33. The van der Waals surface area contributed by atoms with Gasteiger partial charge in [-0.2, -0.15) is 0 Å². The topological polar surface area (TPSA) is 86.3 Å². The Kier molecular flexibility index (Phi) is 9.45. The van der Waals surface area contributed by atoms with Crippen molar-refractivity contribution in [1.29, 1.82) is 0 Å². The van der Waals surface area contributed by atoms with Crippen molar-refractivity contribution in [3.8, 4) is 23.0 Å². The average Bonchev–Trinajstić information content (AvgIpc) is 3.21. The molecule has 3 aromatic rings. The summed E-state index contributed by atoms with van der Waals surface area (Å²) in [5.74, 6) is 1.58. The molecular formula is C29H28N2O6S2. The number of ether oxygens (including phenoxy) is 4. The van der Waals surface area contributed by atoms with Crippen LogP contribution in [-0.4, -0.2) is 43.1 Å². The van der Waals surface area contributed by atoms with Gasteiger partial charge in [-0.15, -0.1) is 0 Å². The lowest BCUT2D eigenvalue weighted by Gasteiger charge is -2.15. The Morgan fingerprint density at radius 3 is 2.41 bits per heavy atom. The van der Waals surface area contributed by atoms with Crippen LogP contribution in [0.3, 0.4) is 0 Å². The van der Waals surface area contributed by atoms with E-state index in [1.807, 2.05) is 38.1 Å². The molecule has 0 saturated carbocycles. The SMILES string of the molecule is CCOc1ccc(N2C(=O)/C(=C\c3ccc(OCC(=O)Nc4ccccc4OCC)c(OC)c3)SC2=S)cc1. The maximum atomic E-state index is 13.2. The second-order valence-corrected chi connectivity index (χ2v) is 9.80. The predicted octanol–water partition coefficient (Wildman–Crippen LogP) is 5.92. The molecule has 0 radical (unpaired) electrons. The number of benzene rings is 3. The van der Waals surface area contributed by atoms with Crippen molar-refractivity contribution < 1.29 is 28.5 Å². The van der Waals surface area contributed by atoms with E-state index < -0.39 is 0 Å². The van der Waals surface area contributed by atoms with Crippen molar-refractivity contribution in [2.75, 3.05) is 37.1 Å². The average molecular weight is 565 g/mol. The van der Waals surface area contributed by atoms with Crippen LogP contribution in [0.25, 0.3) is 6.08 Å². The zero-order chi connectivity index (χ0) is 27.8. The van der Waals surface area contributed by atoms with Crippen LogP contribution < -0.4 is 29.2 Å². The van der Waals surface area contributed by atoms with Crippen molar-refractivity contribution in [1.82, 2.24) is 0 Å². The van der Waals surface area contributed by atoms with E-state index in [1.54, 1.807) is 48.5 Å². The number of hydrogen-bond donors (Lipinski definition) is 1. The number of carbonyl (C=O) groups excluding carboxylic acids is 2. The monoisotopic (exact) mass is 564 g/mol. The van der Waals surface area contributed by atoms with Gasteiger partial charge < -0.3 is 24.3 Å². The van der Waals surface area contributed by atoms with Crippen molar-refractivity contribution in [2.24, 2.45) is 0 Å². The van der Waals surface area contributed by atoms with E-state index in [0.29, 0.717) is 51.1 Å². The van der Waals surface area contributed by atoms with E-state index in [0.717, 1.165) is 11.3 Å². The van der Waals surface area contributed by atoms with Gasteiger partial charge in [0.05, 0.1) is 36.6 Å². The fraction of sp³-hybridized carbons (Fsp3) is 0.207. The molecular weight excluding hydrogens is 536 g/mol. The van der Waals surface area contributed by atoms with Crippen LogP contribution in [0.15, 0.2) is 71.6 Å². The van der Waals surface area contributed by atoms with Crippen LogP contribution in [0.4, 0.5) is 11.4 Å². The molecule has 10 heteroatoms. The molecule has 0 atom stereocenters. The first kappa shape index (κ1) is 28.0. The summed E-state index contributed by atoms with van der Waals surface area (Å²) in [6.07, 6.45) is 1.75. The van der Waals surface area contributed by atoms with Gasteiger partial charge in [0.1, 0.15) is 11.5 Å². The third kappa shape index (κ3) is 6.90. The second-order valence-electron chi connectivity index (χ2n) is 8.12. The Labute approximate surface area is 236 Å². The fourth-order valence-electron chi connectivity index (χ4n) is 3.77. The molecule has 1 saturated heterocycles. The van der Waals surface area contributed by atoms with Crippen molar-refractivity contribution >= 4 is 57.6 Å². The molecule has 1 aliphatic rings. The van der Waals surface area contributed by atoms with Gasteiger partial charge >= 0.3 is 0 Å². The Hall–Kier alpha value is -4.02. The molecule has 0 aromatic heterocycles. The van der Waals surface area contributed by atoms with Gasteiger partial charge in [-0.3, -0.25) is 14.5 Å². The molecule has 4 rings (SSSR count). The largest absolute Gasteiger partial charge is 0.494 e. The predicted molar refractivity (Wildman–Crippen MR) is 158 cm³/mol. The third-order valence-electron chi connectivity index (χ3n) is 5.50. The normalized spacial score (nSPS) is 13.9. The highest BCUT2D eigenvalue weighted by Crippen LogP contribution is 2.37. The van der Waals surface area contributed by atoms with Gasteiger partial charge in [0, 0.05) is 0 Å². The van der Waals surface area contributed by atoms with E-state index in [4.69, 9.17) is 31.2 Å². The number of methoxy groups -OCH3 is 1. The number of nitrogens with zero attached hydrogens (tertiary/aromatic N) is 1. The Morgan fingerprint density at radius 1 is 0.949 bits per heavy atom. The van der Waals surface area contributed by atoms with Gasteiger partial charge in [0.25, 0.3) is 11.8 Å². The molecule has 39 heavy (non-hydrogen) atoms. The Morgan fingerprint density at radius 2 is 1.69 bits per heavy atom. The molecule has 0 aliphatic carbocycles. The molecule has 1 heterocycles. The lowest BCUT2D eigenvalue weighted by Crippen LogP contribution is -2.27. The van der Waals surface area contributed by atoms with Crippen LogP contribution >= 0.6 is 24.0 Å². The first-order chi connectivity index (χ1) is 18.9. The molecule has 8 nitrogen and oxygen atoms in total. The quantitative estimate of drug-likeness (QED) is 0.227. The first-order valence-corrected chi connectivity index (χ1v) is 13.5. The fourth-order valence-corrected chi connectivity index (χ4v) is 5.07. The number of carbonyl (C=O) groups is 2. The zero-order valence-electron chi connectivity index (χ0n) is 21.8. The lowest BCUT2D eigenvalue weighted by molar-refractivity contribution is -0.118. The van der Waals surface area contributed by atoms with Gasteiger partial charge in [0.2, 0.25) is 0 Å². The van der Waals surface area contributed by atoms with Crippen LogP contribution in [0.5, 0.6) is 23.0 Å². The highest BCUT2D eigenvalue weighted by molar-refractivity contribution is 8.27. The van der Waals surface area contributed by atoms with E-state index in [9.17, 15) is 9.59 Å². The summed E-state index contributed by atoms with van der Waals surface area (Å²) in [4.78, 5) is 27.6. The van der Waals surface area contributed by atoms with E-state index in [1.165, 1.54) is 23.8 Å². The first-order valence-electron chi connectivity index (χ1n) is 12.3. The second kappa shape index (κ2) is 13.2. The van der Waals surface area contributed by atoms with E-state index in [-0.39, 0.29) is 18.4 Å². The van der Waals surface area contributed by atoms with Gasteiger partial charge in [-0.05, 0) is 74.0 Å². The summed E-state index contributed by atoms with van der Waals surface area (Å²) >= 11 is 6.71. The maximum Gasteiger partial charge on any atom is 0.270 e. The molecule has 3 aromatic carbocycles. The molecule has 1 fully saturated rings. The number of rotatable bonds is 11. The number of para-hydroxylation sites is 2. The summed E-state index contributed by atoms with van der Waals surface area (Å²) in [7, 11) is 1.51. The molecule has 2 amide bonds. The summed E-state index contributed by atoms with van der Waals surface area (Å²) in [6.45, 7) is 4.61. The van der Waals surface area contributed by atoms with Crippen molar-refractivity contribution in [2.45, 2.75) is 13.8 Å². The highest BCUT2D eigenvalue weighted by atomic mass is 32.2. The maximum absolute atomic E-state index is 13.2. The smallest absolute Gasteiger partial charge is 0.270 e. The van der Waals surface area contributed by atoms with Crippen LogP contribution in [-0.2, 0) is 9.59 Å². The van der Waals surface area contributed by atoms with E-state index >= 15 is 0 Å². The van der Waals surface area contributed by atoms with Crippen LogP contribution in [0.2, 0.25) is 0 Å². The molecule has 0 spiro atoms. The van der Waals surface area contributed by atoms with Gasteiger partial charge in [-0.25, -0.2) is 0 Å². The third-order valence-corrected chi connectivity index (χ3v) is 6.81. The van der Waals surface area contributed by atoms with Crippen LogP contribution in [0.1, 0.15) is 19.4 Å². The molecule has 1 N–H and O–H groups in total. The summed E-state index contributed by atoms with van der Waals surface area (Å²) in [6, 6.07) is 19.6. The summed E-state index contributed by atoms with van der Waals surface area (Å²) < 4.78 is 22.7. The number of thiocarbonyl (C=S) groups is 1. The van der Waals surface area contributed by atoms with Crippen LogP contribution in [0, 0.1) is 0 Å². The molecule has 0 bridgehead atoms. The minimum atomic E-state index is -0.341. The minimum absolute atomic E-state index is 0.211. The number of nitrogens with one attached hydrogen (secondary N) is 1. The molecule has 202 valence electrons. The van der Waals surface area contributed by atoms with E-state index in [2.05, 4.69) is 5.32 Å². The molecule has 1 aliphatic heterocycles. The van der Waals surface area contributed by atoms with Gasteiger partial charge in [-0.1, -0.05) is 42.2 Å². The Balaban J connectivity index is 1.43. The van der Waals surface area contributed by atoms with Crippen molar-refractivity contribution in [3.05, 3.63) is 77.2 Å². The number of hydrogen-bond acceptors (Lipinski definition) is 8. The molecule has 0 unspecified atom stereocenters. The number of amides is 2. The number of thioether (sulfide) groups is 1. The zero-order valence-corrected chi connectivity index (χ0v) is 23.4. The standard InChI is InChI=1S/C29H28N2O6S2/c1-4-35-21-13-11-20(12-14-21)31-28(33)26(39-29(31)38)17-19-10-15-24(25(16-19)34-3)37-18-27(32)30-22-8-6-7-9-23(22)36-5-2/h6-17H,4-5,18H2,1-3H3,(H,30,32)/b26-17+. The Bertz CT molecular complexity index is 1390.